The van der Waals surface area contributed by atoms with Crippen LogP contribution in [0.1, 0.15) is 37.9 Å². The van der Waals surface area contributed by atoms with Gasteiger partial charge < -0.3 is 14.2 Å². The molecule has 0 saturated carbocycles. The van der Waals surface area contributed by atoms with E-state index >= 15 is 0 Å². The Balaban J connectivity index is 1.95. The molecule has 4 rings (SSSR count). The highest BCUT2D eigenvalue weighted by atomic mass is 35.5. The average Bonchev–Trinajstić information content (AvgIpc) is 3.12. The summed E-state index contributed by atoms with van der Waals surface area (Å²) in [6, 6.07) is 11.2. The number of halogens is 1. The summed E-state index contributed by atoms with van der Waals surface area (Å²) in [7, 11) is 1.44. The highest BCUT2D eigenvalue weighted by molar-refractivity contribution is 7.07. The van der Waals surface area contributed by atoms with Gasteiger partial charge in [-0.15, -0.1) is 0 Å². The smallest absolute Gasteiger partial charge is 0.338 e. The van der Waals surface area contributed by atoms with E-state index in [1.807, 2.05) is 6.07 Å². The van der Waals surface area contributed by atoms with E-state index in [9.17, 15) is 14.4 Å². The largest absolute Gasteiger partial charge is 0.493 e. The molecule has 2 aromatic carbocycles. The molecule has 1 aliphatic rings. The van der Waals surface area contributed by atoms with E-state index < -0.39 is 18.0 Å². The minimum atomic E-state index is -0.831. The Hall–Kier alpha value is -3.69. The van der Waals surface area contributed by atoms with E-state index in [0.29, 0.717) is 25.6 Å². The number of rotatable bonds is 6. The fourth-order valence-electron chi connectivity index (χ4n) is 3.95. The molecule has 0 bridgehead atoms. The zero-order chi connectivity index (χ0) is 26.0. The molecule has 186 valence electrons. The van der Waals surface area contributed by atoms with Gasteiger partial charge in [0.2, 0.25) is 0 Å². The van der Waals surface area contributed by atoms with Gasteiger partial charge in [0.25, 0.3) is 5.56 Å². The van der Waals surface area contributed by atoms with Gasteiger partial charge in [-0.3, -0.25) is 14.2 Å². The molecule has 0 amide bonds. The van der Waals surface area contributed by atoms with E-state index in [0.717, 1.165) is 5.56 Å². The van der Waals surface area contributed by atoms with Crippen molar-refractivity contribution in [2.45, 2.75) is 26.8 Å². The number of nitrogens with zero attached hydrogens (tertiary/aromatic N) is 2. The molecule has 36 heavy (non-hydrogen) atoms. The Morgan fingerprint density at radius 1 is 1.19 bits per heavy atom. The quantitative estimate of drug-likeness (QED) is 0.361. The van der Waals surface area contributed by atoms with Crippen LogP contribution in [0.15, 0.2) is 63.5 Å². The summed E-state index contributed by atoms with van der Waals surface area (Å²) in [6.07, 6.45) is 1.74. The summed E-state index contributed by atoms with van der Waals surface area (Å²) in [5.74, 6) is -0.573. The third-order valence-electron chi connectivity index (χ3n) is 5.42. The predicted octanol–water partition coefficient (Wildman–Crippen LogP) is 3.39. The minimum absolute atomic E-state index is 0.163. The molecule has 0 saturated heterocycles. The second-order valence-electron chi connectivity index (χ2n) is 7.86. The van der Waals surface area contributed by atoms with Crippen LogP contribution in [0.2, 0.25) is 5.02 Å². The van der Waals surface area contributed by atoms with E-state index in [4.69, 9.17) is 25.8 Å². The molecule has 1 aliphatic heterocycles. The summed E-state index contributed by atoms with van der Waals surface area (Å²) in [5, 5.41) is 0.551. The van der Waals surface area contributed by atoms with Crippen LogP contribution in [0.3, 0.4) is 0 Å². The lowest BCUT2D eigenvalue weighted by atomic mass is 9.95. The number of thiazole rings is 1. The van der Waals surface area contributed by atoms with Crippen LogP contribution in [-0.2, 0) is 14.3 Å². The molecular weight excluding hydrogens is 504 g/mol. The molecule has 0 fully saturated rings. The zero-order valence-electron chi connectivity index (χ0n) is 20.0. The Kier molecular flexibility index (Phi) is 7.42. The number of ether oxygens (including phenoxy) is 3. The number of esters is 2. The third-order valence-corrected chi connectivity index (χ3v) is 6.64. The Labute approximate surface area is 215 Å². The first-order chi connectivity index (χ1) is 17.2. The maximum absolute atomic E-state index is 13.7. The van der Waals surface area contributed by atoms with Crippen molar-refractivity contribution in [3.8, 4) is 11.5 Å². The standard InChI is InChI=1S/C26H23ClN2O6S/c1-5-34-25(32)22-14(2)28-26-29(24(31)21(36-26)12-16-7-6-8-18(27)11-16)23(22)17-9-10-19(35-15(3)30)20(13-17)33-4/h6-13,23H,5H2,1-4H3/b21-12+. The van der Waals surface area contributed by atoms with Gasteiger partial charge in [-0.25, -0.2) is 9.79 Å². The lowest BCUT2D eigenvalue weighted by Gasteiger charge is -2.25. The van der Waals surface area contributed by atoms with Gasteiger partial charge in [0.15, 0.2) is 16.3 Å². The molecule has 1 unspecified atom stereocenters. The van der Waals surface area contributed by atoms with Crippen molar-refractivity contribution in [1.29, 1.82) is 0 Å². The van der Waals surface area contributed by atoms with Crippen molar-refractivity contribution in [3.63, 3.8) is 0 Å². The molecule has 10 heteroatoms. The molecule has 8 nitrogen and oxygen atoms in total. The number of fused-ring (bicyclic) bond motifs is 1. The van der Waals surface area contributed by atoms with Crippen LogP contribution in [0.4, 0.5) is 0 Å². The molecule has 0 N–H and O–H groups in total. The van der Waals surface area contributed by atoms with Crippen molar-refractivity contribution in [3.05, 3.63) is 89.6 Å². The summed E-state index contributed by atoms with van der Waals surface area (Å²) in [6.45, 7) is 4.87. The molecule has 0 radical (unpaired) electrons. The minimum Gasteiger partial charge on any atom is -0.493 e. The molecule has 1 aromatic heterocycles. The fraction of sp³-hybridized carbons (Fsp3) is 0.231. The Bertz CT molecular complexity index is 1570. The van der Waals surface area contributed by atoms with E-state index in [1.54, 1.807) is 56.3 Å². The summed E-state index contributed by atoms with van der Waals surface area (Å²) in [5.41, 5.74) is 1.69. The van der Waals surface area contributed by atoms with Crippen LogP contribution in [0.5, 0.6) is 11.5 Å². The number of methoxy groups -OCH3 is 1. The summed E-state index contributed by atoms with van der Waals surface area (Å²) < 4.78 is 17.9. The van der Waals surface area contributed by atoms with Gasteiger partial charge in [0.1, 0.15) is 0 Å². The van der Waals surface area contributed by atoms with Crippen LogP contribution in [-0.4, -0.2) is 30.2 Å². The fourth-order valence-corrected chi connectivity index (χ4v) is 5.19. The summed E-state index contributed by atoms with van der Waals surface area (Å²) in [4.78, 5) is 43.2. The van der Waals surface area contributed by atoms with E-state index in [1.165, 1.54) is 29.9 Å². The number of hydrogen-bond donors (Lipinski definition) is 0. The van der Waals surface area contributed by atoms with Gasteiger partial charge in [0, 0.05) is 11.9 Å². The molecule has 3 aromatic rings. The number of aromatic nitrogens is 1. The Morgan fingerprint density at radius 2 is 1.97 bits per heavy atom. The number of allylic oxidation sites excluding steroid dienone is 1. The van der Waals surface area contributed by atoms with Crippen molar-refractivity contribution in [2.24, 2.45) is 4.99 Å². The maximum atomic E-state index is 13.7. The Morgan fingerprint density at radius 3 is 2.64 bits per heavy atom. The van der Waals surface area contributed by atoms with Gasteiger partial charge in [-0.1, -0.05) is 41.1 Å². The van der Waals surface area contributed by atoms with Gasteiger partial charge in [-0.2, -0.15) is 0 Å². The van der Waals surface area contributed by atoms with Crippen LogP contribution in [0, 0.1) is 0 Å². The second kappa shape index (κ2) is 10.5. The van der Waals surface area contributed by atoms with Crippen molar-refractivity contribution >= 4 is 41.0 Å². The van der Waals surface area contributed by atoms with Crippen LogP contribution >= 0.6 is 22.9 Å². The highest BCUT2D eigenvalue weighted by Gasteiger charge is 2.34. The highest BCUT2D eigenvalue weighted by Crippen LogP contribution is 2.36. The van der Waals surface area contributed by atoms with Gasteiger partial charge in [0.05, 0.1) is 35.6 Å². The second-order valence-corrected chi connectivity index (χ2v) is 9.31. The monoisotopic (exact) mass is 526 g/mol. The molecule has 0 aliphatic carbocycles. The van der Waals surface area contributed by atoms with Crippen molar-refractivity contribution in [2.75, 3.05) is 13.7 Å². The van der Waals surface area contributed by atoms with Crippen molar-refractivity contribution < 1.29 is 23.8 Å². The first kappa shape index (κ1) is 25.4. The first-order valence-electron chi connectivity index (χ1n) is 11.0. The normalized spacial score (nSPS) is 15.2. The third kappa shape index (κ3) is 4.98. The average molecular weight is 527 g/mol. The molecule has 2 heterocycles. The predicted molar refractivity (Wildman–Crippen MR) is 136 cm³/mol. The maximum Gasteiger partial charge on any atom is 0.338 e. The lowest BCUT2D eigenvalue weighted by Crippen LogP contribution is -2.40. The van der Waals surface area contributed by atoms with E-state index in [-0.39, 0.29) is 29.2 Å². The van der Waals surface area contributed by atoms with E-state index in [2.05, 4.69) is 4.99 Å². The topological polar surface area (TPSA) is 96.2 Å². The SMILES string of the molecule is CCOC(=O)C1=C(C)N=c2s/c(=C/c3cccc(Cl)c3)c(=O)n2C1c1ccc(OC(C)=O)c(OC)c1. The first-order valence-corrected chi connectivity index (χ1v) is 12.2. The van der Waals surface area contributed by atoms with Gasteiger partial charge in [-0.05, 0) is 55.3 Å². The van der Waals surface area contributed by atoms with Crippen LogP contribution < -0.4 is 24.4 Å². The lowest BCUT2D eigenvalue weighted by molar-refractivity contribution is -0.139. The summed E-state index contributed by atoms with van der Waals surface area (Å²) >= 11 is 7.32. The molecule has 0 spiro atoms. The number of hydrogen-bond acceptors (Lipinski definition) is 8. The number of carbonyl (C=O) groups is 2. The van der Waals surface area contributed by atoms with Crippen LogP contribution in [0.25, 0.3) is 6.08 Å². The number of carbonyl (C=O) groups excluding carboxylic acids is 2. The van der Waals surface area contributed by atoms with Gasteiger partial charge >= 0.3 is 11.9 Å². The molecule has 1 atom stereocenters. The number of benzene rings is 2. The zero-order valence-corrected chi connectivity index (χ0v) is 21.6. The molecular formula is C26H23ClN2O6S. The van der Waals surface area contributed by atoms with Crippen molar-refractivity contribution in [1.82, 2.24) is 4.57 Å².